The lowest BCUT2D eigenvalue weighted by molar-refractivity contribution is -0.137. The average molecular weight is 506 g/mol. The molecule has 0 unspecified atom stereocenters. The lowest BCUT2D eigenvalue weighted by Gasteiger charge is -2.15. The van der Waals surface area contributed by atoms with E-state index in [0.717, 1.165) is 30.5 Å². The standard InChI is InChI=1S/C25H27ClF3N5O/c1-17-16-30-24(33-23(17)31-19-7-10-22(26)21(15-19)25(27,28)29)32-18-5-8-20(9-6-18)35-14-4-13-34-11-2-3-12-34/h5-10,15-16H,2-4,11-14H2,1H3,(H2,30,31,32,33). The topological polar surface area (TPSA) is 62.3 Å². The number of rotatable bonds is 9. The molecule has 4 rings (SSSR count). The summed E-state index contributed by atoms with van der Waals surface area (Å²) in [5.74, 6) is 1.48. The van der Waals surface area contributed by atoms with Crippen LogP contribution in [0.3, 0.4) is 0 Å². The van der Waals surface area contributed by atoms with Gasteiger partial charge in [0, 0.05) is 29.7 Å². The Bertz CT molecular complexity index is 1130. The van der Waals surface area contributed by atoms with Crippen LogP contribution in [0.15, 0.2) is 48.7 Å². The summed E-state index contributed by atoms with van der Waals surface area (Å²) >= 11 is 5.71. The summed E-state index contributed by atoms with van der Waals surface area (Å²) in [5.41, 5.74) is 0.750. The van der Waals surface area contributed by atoms with E-state index in [1.807, 2.05) is 24.3 Å². The Hall–Kier alpha value is -3.04. The molecule has 1 aliphatic rings. The van der Waals surface area contributed by atoms with E-state index in [2.05, 4.69) is 25.5 Å². The van der Waals surface area contributed by atoms with Crippen LogP contribution in [-0.2, 0) is 6.18 Å². The Morgan fingerprint density at radius 3 is 2.46 bits per heavy atom. The highest BCUT2D eigenvalue weighted by Crippen LogP contribution is 2.36. The zero-order chi connectivity index (χ0) is 24.8. The van der Waals surface area contributed by atoms with Crippen LogP contribution in [-0.4, -0.2) is 41.1 Å². The third-order valence-corrected chi connectivity index (χ3v) is 6.03. The first-order valence-corrected chi connectivity index (χ1v) is 11.9. The van der Waals surface area contributed by atoms with Crippen LogP contribution >= 0.6 is 11.6 Å². The van der Waals surface area contributed by atoms with Crippen LogP contribution < -0.4 is 15.4 Å². The van der Waals surface area contributed by atoms with Gasteiger partial charge in [-0.15, -0.1) is 0 Å². The number of likely N-dealkylation sites (tertiary alicyclic amines) is 1. The normalized spacial score (nSPS) is 14.2. The number of alkyl halides is 3. The minimum atomic E-state index is -4.55. The van der Waals surface area contributed by atoms with Gasteiger partial charge in [-0.2, -0.15) is 18.2 Å². The van der Waals surface area contributed by atoms with Gasteiger partial charge < -0.3 is 20.3 Å². The van der Waals surface area contributed by atoms with Crippen molar-refractivity contribution in [3.63, 3.8) is 0 Å². The molecule has 0 saturated carbocycles. The third kappa shape index (κ3) is 6.99. The first-order valence-electron chi connectivity index (χ1n) is 11.5. The molecule has 1 aromatic heterocycles. The summed E-state index contributed by atoms with van der Waals surface area (Å²) in [4.78, 5) is 11.1. The number of aryl methyl sites for hydroxylation is 1. The Labute approximate surface area is 207 Å². The van der Waals surface area contributed by atoms with Crippen molar-refractivity contribution in [3.05, 3.63) is 64.8 Å². The fourth-order valence-corrected chi connectivity index (χ4v) is 4.06. The van der Waals surface area contributed by atoms with E-state index in [-0.39, 0.29) is 10.7 Å². The van der Waals surface area contributed by atoms with Crippen molar-refractivity contribution in [2.75, 3.05) is 36.9 Å². The molecule has 35 heavy (non-hydrogen) atoms. The van der Waals surface area contributed by atoms with Crippen molar-refractivity contribution in [2.24, 2.45) is 0 Å². The highest BCUT2D eigenvalue weighted by atomic mass is 35.5. The molecule has 2 N–H and O–H groups in total. The number of anilines is 4. The van der Waals surface area contributed by atoms with Crippen molar-refractivity contribution in [1.82, 2.24) is 14.9 Å². The predicted octanol–water partition coefficient (Wildman–Crippen LogP) is 6.81. The van der Waals surface area contributed by atoms with E-state index in [4.69, 9.17) is 16.3 Å². The number of hydrogen-bond acceptors (Lipinski definition) is 6. The number of hydrogen-bond donors (Lipinski definition) is 2. The number of nitrogens with zero attached hydrogens (tertiary/aromatic N) is 3. The summed E-state index contributed by atoms with van der Waals surface area (Å²) in [6.45, 7) is 5.87. The summed E-state index contributed by atoms with van der Waals surface area (Å²) in [7, 11) is 0. The molecule has 1 aliphatic heterocycles. The Balaban J connectivity index is 1.35. The maximum Gasteiger partial charge on any atom is 0.417 e. The minimum absolute atomic E-state index is 0.223. The van der Waals surface area contributed by atoms with Gasteiger partial charge in [0.2, 0.25) is 5.95 Å². The van der Waals surface area contributed by atoms with Gasteiger partial charge in [-0.05, 0) is 81.7 Å². The van der Waals surface area contributed by atoms with Crippen molar-refractivity contribution < 1.29 is 17.9 Å². The quantitative estimate of drug-likeness (QED) is 0.311. The van der Waals surface area contributed by atoms with Crippen molar-refractivity contribution >= 4 is 34.7 Å². The van der Waals surface area contributed by atoms with E-state index in [1.165, 1.54) is 38.1 Å². The maximum atomic E-state index is 13.2. The molecular weight excluding hydrogens is 479 g/mol. The van der Waals surface area contributed by atoms with Gasteiger partial charge in [-0.1, -0.05) is 11.6 Å². The molecular formula is C25H27ClF3N5O. The predicted molar refractivity (Wildman–Crippen MR) is 132 cm³/mol. The zero-order valence-electron chi connectivity index (χ0n) is 19.3. The van der Waals surface area contributed by atoms with E-state index >= 15 is 0 Å². The lowest BCUT2D eigenvalue weighted by atomic mass is 10.2. The second-order valence-electron chi connectivity index (χ2n) is 8.44. The van der Waals surface area contributed by atoms with E-state index in [9.17, 15) is 13.2 Å². The van der Waals surface area contributed by atoms with Crippen LogP contribution in [0, 0.1) is 6.92 Å². The molecule has 0 aliphatic carbocycles. The largest absolute Gasteiger partial charge is 0.494 e. The third-order valence-electron chi connectivity index (χ3n) is 5.70. The molecule has 0 bridgehead atoms. The summed E-state index contributed by atoms with van der Waals surface area (Å²) in [6.07, 6.45) is 0.614. The minimum Gasteiger partial charge on any atom is -0.494 e. The van der Waals surface area contributed by atoms with Gasteiger partial charge in [-0.3, -0.25) is 0 Å². The van der Waals surface area contributed by atoms with Gasteiger partial charge in [0.25, 0.3) is 0 Å². The number of benzene rings is 2. The van der Waals surface area contributed by atoms with Crippen LogP contribution in [0.25, 0.3) is 0 Å². The Morgan fingerprint density at radius 1 is 1.03 bits per heavy atom. The Kier molecular flexibility index (Phi) is 7.97. The van der Waals surface area contributed by atoms with Gasteiger partial charge in [0.05, 0.1) is 17.2 Å². The molecule has 10 heteroatoms. The van der Waals surface area contributed by atoms with Crippen molar-refractivity contribution in [3.8, 4) is 5.75 Å². The van der Waals surface area contributed by atoms with Crippen molar-refractivity contribution in [2.45, 2.75) is 32.4 Å². The number of aromatic nitrogens is 2. The Morgan fingerprint density at radius 2 is 1.74 bits per heavy atom. The monoisotopic (exact) mass is 505 g/mol. The summed E-state index contributed by atoms with van der Waals surface area (Å²) in [5, 5.41) is 5.67. The first kappa shape index (κ1) is 25.1. The van der Waals surface area contributed by atoms with Crippen LogP contribution in [0.5, 0.6) is 5.75 Å². The summed E-state index contributed by atoms with van der Waals surface area (Å²) < 4.78 is 45.3. The highest BCUT2D eigenvalue weighted by Gasteiger charge is 2.33. The molecule has 1 saturated heterocycles. The van der Waals surface area contributed by atoms with Crippen molar-refractivity contribution in [1.29, 1.82) is 0 Å². The number of halogens is 4. The zero-order valence-corrected chi connectivity index (χ0v) is 20.1. The SMILES string of the molecule is Cc1cnc(Nc2ccc(OCCCN3CCCC3)cc2)nc1Nc1ccc(Cl)c(C(F)(F)F)c1. The van der Waals surface area contributed by atoms with Crippen LogP contribution in [0.2, 0.25) is 5.02 Å². The lowest BCUT2D eigenvalue weighted by Crippen LogP contribution is -2.21. The molecule has 6 nitrogen and oxygen atoms in total. The molecule has 0 atom stereocenters. The van der Waals surface area contributed by atoms with Crippen LogP contribution in [0.4, 0.5) is 36.3 Å². The molecule has 1 fully saturated rings. The van der Waals surface area contributed by atoms with E-state index in [0.29, 0.717) is 23.9 Å². The second kappa shape index (κ2) is 11.1. The second-order valence-corrected chi connectivity index (χ2v) is 8.85. The molecule has 2 heterocycles. The highest BCUT2D eigenvalue weighted by molar-refractivity contribution is 6.31. The molecule has 3 aromatic rings. The van der Waals surface area contributed by atoms with E-state index in [1.54, 1.807) is 13.1 Å². The van der Waals surface area contributed by atoms with Gasteiger partial charge >= 0.3 is 6.18 Å². The maximum absolute atomic E-state index is 13.2. The first-order chi connectivity index (χ1) is 16.8. The molecule has 186 valence electrons. The molecule has 0 spiro atoms. The van der Waals surface area contributed by atoms with Gasteiger partial charge in [0.1, 0.15) is 11.6 Å². The molecule has 0 radical (unpaired) electrons. The molecule has 0 amide bonds. The average Bonchev–Trinajstić information content (AvgIpc) is 3.34. The fraction of sp³-hybridized carbons (Fsp3) is 0.360. The summed E-state index contributed by atoms with van der Waals surface area (Å²) in [6, 6.07) is 11.1. The van der Waals surface area contributed by atoms with Gasteiger partial charge in [0.15, 0.2) is 0 Å². The molecule has 2 aromatic carbocycles. The van der Waals surface area contributed by atoms with E-state index < -0.39 is 11.7 Å². The number of ether oxygens (including phenoxy) is 1. The smallest absolute Gasteiger partial charge is 0.417 e. The van der Waals surface area contributed by atoms with Gasteiger partial charge in [-0.25, -0.2) is 4.98 Å². The van der Waals surface area contributed by atoms with Crippen LogP contribution in [0.1, 0.15) is 30.4 Å². The fourth-order valence-electron chi connectivity index (χ4n) is 3.83. The number of nitrogens with one attached hydrogen (secondary N) is 2.